The van der Waals surface area contributed by atoms with Gasteiger partial charge in [0, 0.05) is 32.7 Å². The van der Waals surface area contributed by atoms with E-state index in [1.54, 1.807) is 0 Å². The van der Waals surface area contributed by atoms with E-state index in [-0.39, 0.29) is 32.7 Å². The maximum atomic E-state index is 3.35. The number of hydrogen-bond acceptors (Lipinski definition) is 1. The van der Waals surface area contributed by atoms with E-state index in [2.05, 4.69) is 12.4 Å². The first-order valence-electron chi connectivity index (χ1n) is 1.41. The summed E-state index contributed by atoms with van der Waals surface area (Å²) in [6.07, 6.45) is 0. The molecule has 0 aromatic heterocycles. The predicted molar refractivity (Wildman–Crippen MR) is 19.0 cm³/mol. The summed E-state index contributed by atoms with van der Waals surface area (Å²) in [7, 11) is 3.35. The molecule has 1 N–H and O–H groups in total. The Labute approximate surface area is 58.4 Å². The third-order valence-electron chi connectivity index (χ3n) is 0.250. The Bertz CT molecular complexity index is 8.85. The van der Waals surface area contributed by atoms with Crippen LogP contribution in [0.5, 0.6) is 0 Å². The summed E-state index contributed by atoms with van der Waals surface area (Å²) < 4.78 is 0. The van der Waals surface area contributed by atoms with Crippen molar-refractivity contribution in [2.45, 2.75) is 6.92 Å². The van der Waals surface area contributed by atoms with Crippen LogP contribution in [0, 0.1) is 7.05 Å². The molecule has 1 radical (unpaired) electrons. The van der Waals surface area contributed by atoms with Gasteiger partial charge >= 0.3 is 0 Å². The van der Waals surface area contributed by atoms with Gasteiger partial charge in [0.05, 0.1) is 0 Å². The minimum Gasteiger partial charge on any atom is -0.473 e. The molecule has 1 nitrogen and oxygen atoms in total. The van der Waals surface area contributed by atoms with Gasteiger partial charge in [0.15, 0.2) is 0 Å². The van der Waals surface area contributed by atoms with E-state index < -0.39 is 0 Å². The molecule has 0 heterocycles. The van der Waals surface area contributed by atoms with Crippen molar-refractivity contribution >= 4 is 0 Å². The number of hydrogen-bond donors (Lipinski definition) is 1. The molecule has 0 spiro atoms. The number of rotatable bonds is 1. The summed E-state index contributed by atoms with van der Waals surface area (Å²) in [6, 6.07) is 0. The second kappa shape index (κ2) is 8.91. The largest absolute Gasteiger partial charge is 0.473 e. The van der Waals surface area contributed by atoms with E-state index in [4.69, 9.17) is 0 Å². The summed E-state index contributed by atoms with van der Waals surface area (Å²) in [5.74, 6) is 0. The minimum atomic E-state index is 0. The van der Waals surface area contributed by atoms with E-state index in [0.717, 1.165) is 6.54 Å². The van der Waals surface area contributed by atoms with Crippen LogP contribution in [-0.4, -0.2) is 6.54 Å². The van der Waals surface area contributed by atoms with Gasteiger partial charge in [-0.25, -0.2) is 0 Å². The quantitative estimate of drug-likeness (QED) is 0.529. The van der Waals surface area contributed by atoms with Gasteiger partial charge in [-0.2, -0.15) is 0 Å². The zero-order valence-electron chi connectivity index (χ0n) is 3.49. The van der Waals surface area contributed by atoms with E-state index in [1.165, 1.54) is 0 Å². The van der Waals surface area contributed by atoms with Crippen molar-refractivity contribution < 1.29 is 32.7 Å². The van der Waals surface area contributed by atoms with Crippen molar-refractivity contribution in [3.8, 4) is 0 Å². The second-order valence-electron chi connectivity index (χ2n) is 0.604. The van der Waals surface area contributed by atoms with Crippen molar-refractivity contribution in [1.82, 2.24) is 5.32 Å². The average Bonchev–Trinajstić information content (AvgIpc) is 1.37. The van der Waals surface area contributed by atoms with Gasteiger partial charge in [-0.15, -0.1) is 0 Å². The second-order valence-corrected chi connectivity index (χ2v) is 0.604. The first kappa shape index (κ1) is 9.42. The van der Waals surface area contributed by atoms with Crippen LogP contribution in [0.25, 0.3) is 0 Å². The molecule has 0 amide bonds. The molecule has 0 aliphatic rings. The van der Waals surface area contributed by atoms with Crippen LogP contribution in [0.3, 0.4) is 0 Å². The fraction of sp³-hybridized carbons (Fsp3) is 0.667. The van der Waals surface area contributed by atoms with Crippen molar-refractivity contribution in [2.75, 3.05) is 6.54 Å². The summed E-state index contributed by atoms with van der Waals surface area (Å²) in [6.45, 7) is 2.97. The Morgan fingerprint density at radius 2 is 2.00 bits per heavy atom. The minimum absolute atomic E-state index is 0. The third-order valence-corrected chi connectivity index (χ3v) is 0.250. The molecule has 0 unspecified atom stereocenters. The first-order chi connectivity index (χ1) is 1.91. The SMILES string of the molecule is [CH2-]NCC.[Y]. The molecular formula is C3H8NY-. The molecule has 2 heteroatoms. The Kier molecular flexibility index (Phi) is 16.8. The van der Waals surface area contributed by atoms with Gasteiger partial charge in [-0.1, -0.05) is 6.92 Å². The normalized spacial score (nSPS) is 6.00. The standard InChI is InChI=1S/C3H8N.Y/c1-3-4-2;/h4H,2-3H2,1H3;/q-1;. The Morgan fingerprint density at radius 1 is 1.80 bits per heavy atom. The maximum Gasteiger partial charge on any atom is 0 e. The molecule has 0 fully saturated rings. The first-order valence-corrected chi connectivity index (χ1v) is 1.41. The molecule has 0 aliphatic carbocycles. The van der Waals surface area contributed by atoms with Gasteiger partial charge in [-0.05, 0) is 6.54 Å². The van der Waals surface area contributed by atoms with Gasteiger partial charge in [0.25, 0.3) is 0 Å². The van der Waals surface area contributed by atoms with E-state index in [0.29, 0.717) is 0 Å². The summed E-state index contributed by atoms with van der Waals surface area (Å²) in [5.41, 5.74) is 0. The van der Waals surface area contributed by atoms with Crippen LogP contribution < -0.4 is 5.32 Å². The molecule has 0 atom stereocenters. The molecule has 29 valence electrons. The molecule has 0 aliphatic heterocycles. The van der Waals surface area contributed by atoms with Crippen molar-refractivity contribution in [3.05, 3.63) is 7.05 Å². The molecule has 0 aromatic carbocycles. The zero-order chi connectivity index (χ0) is 3.41. The summed E-state index contributed by atoms with van der Waals surface area (Å²) >= 11 is 0. The van der Waals surface area contributed by atoms with Crippen LogP contribution in [0.1, 0.15) is 6.92 Å². The molecule has 0 saturated heterocycles. The van der Waals surface area contributed by atoms with E-state index in [1.807, 2.05) is 6.92 Å². The van der Waals surface area contributed by atoms with Crippen LogP contribution in [0.15, 0.2) is 0 Å². The van der Waals surface area contributed by atoms with E-state index in [9.17, 15) is 0 Å². The van der Waals surface area contributed by atoms with E-state index >= 15 is 0 Å². The summed E-state index contributed by atoms with van der Waals surface area (Å²) in [5, 5.41) is 2.68. The van der Waals surface area contributed by atoms with Gasteiger partial charge < -0.3 is 5.32 Å². The molecule has 5 heavy (non-hydrogen) atoms. The van der Waals surface area contributed by atoms with Crippen LogP contribution >= 0.6 is 0 Å². The Morgan fingerprint density at radius 3 is 2.00 bits per heavy atom. The predicted octanol–water partition coefficient (Wildman–Crippen LogP) is 0.385. The zero-order valence-corrected chi connectivity index (χ0v) is 6.33. The maximum absolute atomic E-state index is 3.35. The van der Waals surface area contributed by atoms with Crippen LogP contribution in [0.2, 0.25) is 0 Å². The van der Waals surface area contributed by atoms with Gasteiger partial charge in [-0.3, -0.25) is 7.05 Å². The number of nitrogens with one attached hydrogen (secondary N) is 1. The smallest absolute Gasteiger partial charge is 0 e. The molecular weight excluding hydrogens is 139 g/mol. The Balaban J connectivity index is 0. The fourth-order valence-electron chi connectivity index (χ4n) is 0. The third kappa shape index (κ3) is 11.2. The van der Waals surface area contributed by atoms with Gasteiger partial charge in [0.1, 0.15) is 0 Å². The molecule has 0 saturated carbocycles. The van der Waals surface area contributed by atoms with Crippen molar-refractivity contribution in [2.24, 2.45) is 0 Å². The fourth-order valence-corrected chi connectivity index (χ4v) is 0. The van der Waals surface area contributed by atoms with Crippen molar-refractivity contribution in [3.63, 3.8) is 0 Å². The van der Waals surface area contributed by atoms with Gasteiger partial charge in [0.2, 0.25) is 0 Å². The molecule has 0 bridgehead atoms. The van der Waals surface area contributed by atoms with Crippen LogP contribution in [0.4, 0.5) is 0 Å². The molecule has 0 aromatic rings. The summed E-state index contributed by atoms with van der Waals surface area (Å²) in [4.78, 5) is 0. The average molecular weight is 147 g/mol. The van der Waals surface area contributed by atoms with Crippen LogP contribution in [-0.2, 0) is 32.7 Å². The molecule has 0 rings (SSSR count). The Hall–Kier alpha value is 1.06. The topological polar surface area (TPSA) is 12.0 Å². The van der Waals surface area contributed by atoms with Crippen molar-refractivity contribution in [1.29, 1.82) is 0 Å². The monoisotopic (exact) mass is 147 g/mol.